The molecule has 0 saturated heterocycles. The van der Waals surface area contributed by atoms with Gasteiger partial charge in [0.05, 0.1) is 7.11 Å². The monoisotopic (exact) mass is 237 g/mol. The van der Waals surface area contributed by atoms with Crippen molar-refractivity contribution in [1.82, 2.24) is 5.32 Å². The summed E-state index contributed by atoms with van der Waals surface area (Å²) in [7, 11) is 1.66. The van der Waals surface area contributed by atoms with Crippen molar-refractivity contribution >= 4 is 0 Å². The highest BCUT2D eigenvalue weighted by Gasteiger charge is 2.01. The van der Waals surface area contributed by atoms with E-state index in [1.807, 2.05) is 24.3 Å². The van der Waals surface area contributed by atoms with Gasteiger partial charge in [0.1, 0.15) is 6.61 Å². The molecule has 1 aromatic carbocycles. The van der Waals surface area contributed by atoms with Crippen LogP contribution in [0, 0.1) is 5.92 Å². The van der Waals surface area contributed by atoms with Crippen LogP contribution in [0.5, 0.6) is 11.5 Å². The van der Waals surface area contributed by atoms with Gasteiger partial charge in [-0.15, -0.1) is 0 Å². The molecule has 0 saturated carbocycles. The molecule has 1 aromatic rings. The zero-order valence-electron chi connectivity index (χ0n) is 11.0. The molecule has 1 rings (SSSR count). The van der Waals surface area contributed by atoms with Gasteiger partial charge in [0.15, 0.2) is 11.5 Å². The van der Waals surface area contributed by atoms with Crippen LogP contribution in [0.1, 0.15) is 20.3 Å². The molecule has 3 heteroatoms. The Labute approximate surface area is 104 Å². The minimum Gasteiger partial charge on any atom is -0.493 e. The van der Waals surface area contributed by atoms with Gasteiger partial charge in [-0.3, -0.25) is 0 Å². The first kappa shape index (κ1) is 13.8. The molecule has 0 bridgehead atoms. The Morgan fingerprint density at radius 3 is 2.47 bits per heavy atom. The highest BCUT2D eigenvalue weighted by Crippen LogP contribution is 2.25. The molecule has 0 heterocycles. The lowest BCUT2D eigenvalue weighted by Crippen LogP contribution is -2.23. The Kier molecular flexibility index (Phi) is 6.48. The van der Waals surface area contributed by atoms with Crippen molar-refractivity contribution in [3.05, 3.63) is 24.3 Å². The van der Waals surface area contributed by atoms with Gasteiger partial charge in [-0.1, -0.05) is 26.0 Å². The second-order valence-electron chi connectivity index (χ2n) is 4.43. The fourth-order valence-corrected chi connectivity index (χ4v) is 1.49. The Balaban J connectivity index is 2.17. The number of para-hydroxylation sites is 2. The van der Waals surface area contributed by atoms with Crippen LogP contribution >= 0.6 is 0 Å². The molecule has 0 spiro atoms. The van der Waals surface area contributed by atoms with Crippen molar-refractivity contribution in [3.63, 3.8) is 0 Å². The van der Waals surface area contributed by atoms with Crippen LogP contribution in [0.2, 0.25) is 0 Å². The predicted octanol–water partition coefficient (Wildman–Crippen LogP) is 2.71. The van der Waals surface area contributed by atoms with Gasteiger partial charge >= 0.3 is 0 Å². The largest absolute Gasteiger partial charge is 0.493 e. The topological polar surface area (TPSA) is 30.5 Å². The Morgan fingerprint density at radius 1 is 1.12 bits per heavy atom. The minimum absolute atomic E-state index is 0.665. The normalized spacial score (nSPS) is 10.6. The van der Waals surface area contributed by atoms with Crippen LogP contribution in [0.3, 0.4) is 0 Å². The van der Waals surface area contributed by atoms with Crippen molar-refractivity contribution < 1.29 is 9.47 Å². The van der Waals surface area contributed by atoms with Crippen LogP contribution in [0.25, 0.3) is 0 Å². The van der Waals surface area contributed by atoms with Crippen molar-refractivity contribution in [2.45, 2.75) is 20.3 Å². The molecular weight excluding hydrogens is 214 g/mol. The minimum atomic E-state index is 0.665. The molecule has 0 aromatic heterocycles. The van der Waals surface area contributed by atoms with E-state index < -0.39 is 0 Å². The summed E-state index contributed by atoms with van der Waals surface area (Å²) < 4.78 is 10.9. The van der Waals surface area contributed by atoms with Gasteiger partial charge in [0.25, 0.3) is 0 Å². The average molecular weight is 237 g/mol. The lowest BCUT2D eigenvalue weighted by atomic mass is 10.1. The molecule has 0 radical (unpaired) electrons. The molecular formula is C14H23NO2. The Hall–Kier alpha value is -1.22. The van der Waals surface area contributed by atoms with Gasteiger partial charge in [0.2, 0.25) is 0 Å². The molecule has 0 amide bonds. The number of hydrogen-bond acceptors (Lipinski definition) is 3. The first-order valence-electron chi connectivity index (χ1n) is 6.20. The van der Waals surface area contributed by atoms with Gasteiger partial charge < -0.3 is 14.8 Å². The lowest BCUT2D eigenvalue weighted by molar-refractivity contribution is 0.291. The molecule has 0 atom stereocenters. The van der Waals surface area contributed by atoms with Gasteiger partial charge in [-0.05, 0) is 31.0 Å². The Morgan fingerprint density at radius 2 is 1.82 bits per heavy atom. The van der Waals surface area contributed by atoms with E-state index in [1.54, 1.807) is 7.11 Å². The molecule has 0 aliphatic rings. The van der Waals surface area contributed by atoms with E-state index in [9.17, 15) is 0 Å². The number of nitrogens with one attached hydrogen (secondary N) is 1. The maximum Gasteiger partial charge on any atom is 0.161 e. The third kappa shape index (κ3) is 5.59. The van der Waals surface area contributed by atoms with E-state index in [0.717, 1.165) is 30.5 Å². The maximum atomic E-state index is 5.65. The van der Waals surface area contributed by atoms with E-state index >= 15 is 0 Å². The first-order valence-corrected chi connectivity index (χ1v) is 6.20. The number of benzene rings is 1. The summed E-state index contributed by atoms with van der Waals surface area (Å²) in [6, 6.07) is 7.71. The van der Waals surface area contributed by atoms with E-state index in [1.165, 1.54) is 6.42 Å². The second-order valence-corrected chi connectivity index (χ2v) is 4.43. The predicted molar refractivity (Wildman–Crippen MR) is 70.8 cm³/mol. The highest BCUT2D eigenvalue weighted by atomic mass is 16.5. The maximum absolute atomic E-state index is 5.65. The average Bonchev–Trinajstić information content (AvgIpc) is 2.33. The Bertz CT molecular complexity index is 313. The number of ether oxygens (including phenoxy) is 2. The SMILES string of the molecule is COc1ccccc1OCCNCCC(C)C. The van der Waals surface area contributed by atoms with Gasteiger partial charge in [-0.25, -0.2) is 0 Å². The second kappa shape index (κ2) is 7.96. The van der Waals surface area contributed by atoms with E-state index in [0.29, 0.717) is 6.61 Å². The standard InChI is InChI=1S/C14H23NO2/c1-12(2)8-9-15-10-11-17-14-7-5-4-6-13(14)16-3/h4-7,12,15H,8-11H2,1-3H3. The fraction of sp³-hybridized carbons (Fsp3) is 0.571. The summed E-state index contributed by atoms with van der Waals surface area (Å²) >= 11 is 0. The summed E-state index contributed by atoms with van der Waals surface area (Å²) in [6.07, 6.45) is 1.20. The molecule has 0 aliphatic carbocycles. The van der Waals surface area contributed by atoms with E-state index in [4.69, 9.17) is 9.47 Å². The van der Waals surface area contributed by atoms with E-state index in [-0.39, 0.29) is 0 Å². The van der Waals surface area contributed by atoms with Crippen molar-refractivity contribution in [2.75, 3.05) is 26.8 Å². The summed E-state index contributed by atoms with van der Waals surface area (Å²) in [6.45, 7) is 7.04. The quantitative estimate of drug-likeness (QED) is 0.705. The number of methoxy groups -OCH3 is 1. The summed E-state index contributed by atoms with van der Waals surface area (Å²) in [5.74, 6) is 2.34. The number of rotatable bonds is 8. The van der Waals surface area contributed by atoms with Crippen LogP contribution in [0.15, 0.2) is 24.3 Å². The lowest BCUT2D eigenvalue weighted by Gasteiger charge is -2.11. The first-order chi connectivity index (χ1) is 8.24. The van der Waals surface area contributed by atoms with Crippen molar-refractivity contribution in [3.8, 4) is 11.5 Å². The van der Waals surface area contributed by atoms with Crippen molar-refractivity contribution in [1.29, 1.82) is 0 Å². The van der Waals surface area contributed by atoms with Crippen LogP contribution in [-0.2, 0) is 0 Å². The van der Waals surface area contributed by atoms with Crippen molar-refractivity contribution in [2.24, 2.45) is 5.92 Å². The van der Waals surface area contributed by atoms with Crippen LogP contribution < -0.4 is 14.8 Å². The van der Waals surface area contributed by atoms with Crippen LogP contribution in [0.4, 0.5) is 0 Å². The fourth-order valence-electron chi connectivity index (χ4n) is 1.49. The molecule has 17 heavy (non-hydrogen) atoms. The van der Waals surface area contributed by atoms with Gasteiger partial charge in [-0.2, -0.15) is 0 Å². The summed E-state index contributed by atoms with van der Waals surface area (Å²) in [4.78, 5) is 0. The molecule has 1 N–H and O–H groups in total. The molecule has 0 aliphatic heterocycles. The summed E-state index contributed by atoms with van der Waals surface area (Å²) in [5.41, 5.74) is 0. The molecule has 96 valence electrons. The molecule has 0 unspecified atom stereocenters. The van der Waals surface area contributed by atoms with E-state index in [2.05, 4.69) is 19.2 Å². The van der Waals surface area contributed by atoms with Gasteiger partial charge in [0, 0.05) is 6.54 Å². The summed E-state index contributed by atoms with van der Waals surface area (Å²) in [5, 5.41) is 3.36. The molecule has 0 fully saturated rings. The number of hydrogen-bond donors (Lipinski definition) is 1. The third-order valence-electron chi connectivity index (χ3n) is 2.50. The zero-order valence-corrected chi connectivity index (χ0v) is 11.0. The third-order valence-corrected chi connectivity index (χ3v) is 2.50. The zero-order chi connectivity index (χ0) is 12.5. The van der Waals surface area contributed by atoms with Crippen LogP contribution in [-0.4, -0.2) is 26.8 Å². The highest BCUT2D eigenvalue weighted by molar-refractivity contribution is 5.39. The smallest absolute Gasteiger partial charge is 0.161 e. The molecule has 3 nitrogen and oxygen atoms in total.